The van der Waals surface area contributed by atoms with Crippen LogP contribution in [0.25, 0.3) is 0 Å². The minimum Gasteiger partial charge on any atom is -0.465 e. The van der Waals surface area contributed by atoms with E-state index in [2.05, 4.69) is 10.2 Å². The van der Waals surface area contributed by atoms with E-state index < -0.39 is 16.8 Å². The Morgan fingerprint density at radius 3 is 2.46 bits per heavy atom. The summed E-state index contributed by atoms with van der Waals surface area (Å²) in [6.45, 7) is 0. The molecular weight excluding hydrogens is 330 g/mol. The topological polar surface area (TPSA) is 73.9 Å². The van der Waals surface area contributed by atoms with E-state index in [-0.39, 0.29) is 6.10 Å². The Balaban J connectivity index is 2.30. The van der Waals surface area contributed by atoms with Crippen LogP contribution in [-0.4, -0.2) is 37.6 Å². The molecule has 0 spiro atoms. The van der Waals surface area contributed by atoms with Crippen molar-refractivity contribution in [1.29, 1.82) is 0 Å². The zero-order valence-electron chi connectivity index (χ0n) is 13.6. The number of benzene rings is 1. The molecule has 2 atom stereocenters. The quantitative estimate of drug-likeness (QED) is 0.626. The van der Waals surface area contributed by atoms with Crippen molar-refractivity contribution in [2.24, 2.45) is 0 Å². The fraction of sp³-hybridized carbons (Fsp3) is 0.235. The molecule has 1 aliphatic carbocycles. The molecule has 0 bridgehead atoms. The van der Waals surface area contributed by atoms with Crippen molar-refractivity contribution in [3.63, 3.8) is 0 Å². The second kappa shape index (κ2) is 8.58. The number of esters is 1. The Kier molecular flexibility index (Phi) is 6.48. The first-order valence-electron chi connectivity index (χ1n) is 7.12. The fourth-order valence-electron chi connectivity index (χ4n) is 2.08. The number of hydroxylamine groups is 1. The van der Waals surface area contributed by atoms with Gasteiger partial charge >= 0.3 is 5.97 Å². The molecule has 7 heteroatoms. The molecule has 0 aliphatic heterocycles. The van der Waals surface area contributed by atoms with Crippen molar-refractivity contribution in [1.82, 2.24) is 5.48 Å². The van der Waals surface area contributed by atoms with Gasteiger partial charge in [-0.2, -0.15) is 0 Å². The lowest BCUT2D eigenvalue weighted by Gasteiger charge is -2.08. The van der Waals surface area contributed by atoms with Crippen LogP contribution in [0.5, 0.6) is 0 Å². The van der Waals surface area contributed by atoms with Crippen molar-refractivity contribution in [3.8, 4) is 0 Å². The van der Waals surface area contributed by atoms with E-state index in [0.29, 0.717) is 21.1 Å². The third-order valence-corrected chi connectivity index (χ3v) is 4.67. The molecule has 0 aromatic heterocycles. The summed E-state index contributed by atoms with van der Waals surface area (Å²) in [5.74, 6) is -0.434. The van der Waals surface area contributed by atoms with Crippen molar-refractivity contribution in [3.05, 3.63) is 64.7 Å². The Bertz CT molecular complexity index is 706. The SMILES string of the molecule is CONC1=CC(S(=O)c2ccc(C(=O)OC)cc2)=CC(OC)C=C1. The largest absolute Gasteiger partial charge is 0.465 e. The average molecular weight is 349 g/mol. The van der Waals surface area contributed by atoms with Crippen molar-refractivity contribution in [2.75, 3.05) is 21.3 Å². The number of ether oxygens (including phenoxy) is 2. The maximum Gasteiger partial charge on any atom is 0.337 e. The molecule has 0 radical (unpaired) electrons. The normalized spacial score (nSPS) is 18.2. The van der Waals surface area contributed by atoms with Gasteiger partial charge in [0.2, 0.25) is 0 Å². The molecule has 0 fully saturated rings. The molecule has 2 unspecified atom stereocenters. The molecule has 1 aromatic carbocycles. The first kappa shape index (κ1) is 18.1. The van der Waals surface area contributed by atoms with Crippen molar-refractivity contribution < 1.29 is 23.3 Å². The van der Waals surface area contributed by atoms with Gasteiger partial charge in [0.15, 0.2) is 0 Å². The van der Waals surface area contributed by atoms with Gasteiger partial charge in [-0.25, -0.2) is 9.00 Å². The summed E-state index contributed by atoms with van der Waals surface area (Å²) in [5, 5.41) is 0. The van der Waals surface area contributed by atoms with Gasteiger partial charge < -0.3 is 9.47 Å². The first-order valence-corrected chi connectivity index (χ1v) is 8.27. The van der Waals surface area contributed by atoms with E-state index in [9.17, 15) is 9.00 Å². The van der Waals surface area contributed by atoms with Crippen molar-refractivity contribution in [2.45, 2.75) is 11.0 Å². The Morgan fingerprint density at radius 1 is 1.17 bits per heavy atom. The van der Waals surface area contributed by atoms with Gasteiger partial charge in [0.1, 0.15) is 0 Å². The van der Waals surface area contributed by atoms with Crippen LogP contribution >= 0.6 is 0 Å². The van der Waals surface area contributed by atoms with Crippen LogP contribution in [0.4, 0.5) is 0 Å². The zero-order valence-corrected chi connectivity index (χ0v) is 14.5. The standard InChI is InChI=1S/C17H19NO5S/c1-21-14-7-6-13(18-23-3)10-16(11-14)24(20)15-8-4-12(5-9-15)17(19)22-2/h4-11,14,18H,1-3H3. The summed E-state index contributed by atoms with van der Waals surface area (Å²) < 4.78 is 22.8. The predicted molar refractivity (Wildman–Crippen MR) is 90.4 cm³/mol. The summed E-state index contributed by atoms with van der Waals surface area (Å²) in [7, 11) is 2.96. The maximum absolute atomic E-state index is 12.8. The lowest BCUT2D eigenvalue weighted by atomic mass is 10.2. The van der Waals surface area contributed by atoms with Gasteiger partial charge in [0.05, 0.1) is 42.4 Å². The number of hydrogen-bond donors (Lipinski definition) is 1. The number of hydrogen-bond acceptors (Lipinski definition) is 6. The van der Waals surface area contributed by atoms with Gasteiger partial charge in [-0.05, 0) is 48.6 Å². The van der Waals surface area contributed by atoms with Crippen LogP contribution < -0.4 is 5.48 Å². The van der Waals surface area contributed by atoms with Gasteiger partial charge in [-0.1, -0.05) is 0 Å². The fourth-order valence-corrected chi connectivity index (χ4v) is 3.22. The zero-order chi connectivity index (χ0) is 17.5. The van der Waals surface area contributed by atoms with Crippen molar-refractivity contribution >= 4 is 16.8 Å². The average Bonchev–Trinajstić information content (AvgIpc) is 2.83. The number of allylic oxidation sites excluding steroid dienone is 2. The molecule has 1 N–H and O–H groups in total. The van der Waals surface area contributed by atoms with Crippen LogP contribution in [-0.2, 0) is 25.1 Å². The molecule has 0 amide bonds. The summed E-state index contributed by atoms with van der Waals surface area (Å²) in [5.41, 5.74) is 3.78. The minimum absolute atomic E-state index is 0.300. The number of carbonyl (C=O) groups excluding carboxylic acids is 1. The van der Waals surface area contributed by atoms with E-state index in [1.54, 1.807) is 49.6 Å². The van der Waals surface area contributed by atoms with Gasteiger partial charge in [-0.15, -0.1) is 0 Å². The van der Waals surface area contributed by atoms with Gasteiger partial charge in [0, 0.05) is 16.9 Å². The molecule has 0 saturated carbocycles. The maximum atomic E-state index is 12.8. The second-order valence-electron chi connectivity index (χ2n) is 4.82. The lowest BCUT2D eigenvalue weighted by Crippen LogP contribution is -2.09. The highest BCUT2D eigenvalue weighted by atomic mass is 32.2. The molecule has 1 aromatic rings. The van der Waals surface area contributed by atoms with E-state index in [1.807, 2.05) is 6.08 Å². The summed E-state index contributed by atoms with van der Waals surface area (Å²) in [6, 6.07) is 6.45. The number of carbonyl (C=O) groups is 1. The number of rotatable bonds is 6. The van der Waals surface area contributed by atoms with Crippen LogP contribution in [0.2, 0.25) is 0 Å². The highest BCUT2D eigenvalue weighted by molar-refractivity contribution is 7.89. The first-order chi connectivity index (χ1) is 11.6. The highest BCUT2D eigenvalue weighted by Crippen LogP contribution is 2.21. The van der Waals surface area contributed by atoms with Crippen LogP contribution in [0.15, 0.2) is 64.1 Å². The summed E-state index contributed by atoms with van der Waals surface area (Å²) in [4.78, 5) is 17.5. The van der Waals surface area contributed by atoms with E-state index in [0.717, 1.165) is 0 Å². The van der Waals surface area contributed by atoms with Crippen LogP contribution in [0.1, 0.15) is 10.4 Å². The molecule has 1 aliphatic rings. The smallest absolute Gasteiger partial charge is 0.337 e. The summed E-state index contributed by atoms with van der Waals surface area (Å²) in [6.07, 6.45) is 6.81. The minimum atomic E-state index is -1.43. The molecular formula is C17H19NO5S. The second-order valence-corrected chi connectivity index (χ2v) is 6.30. The lowest BCUT2D eigenvalue weighted by molar-refractivity contribution is 0.0600. The predicted octanol–water partition coefficient (Wildman–Crippen LogP) is 2.08. The number of nitrogens with one attached hydrogen (secondary N) is 1. The molecule has 24 heavy (non-hydrogen) atoms. The third kappa shape index (κ3) is 4.41. The Hall–Kier alpha value is -2.22. The Morgan fingerprint density at radius 2 is 1.88 bits per heavy atom. The van der Waals surface area contributed by atoms with E-state index >= 15 is 0 Å². The Labute approximate surface area is 143 Å². The van der Waals surface area contributed by atoms with Crippen LogP contribution in [0, 0.1) is 0 Å². The molecule has 0 heterocycles. The van der Waals surface area contributed by atoms with E-state index in [1.165, 1.54) is 14.2 Å². The van der Waals surface area contributed by atoms with Gasteiger partial charge in [-0.3, -0.25) is 10.3 Å². The van der Waals surface area contributed by atoms with E-state index in [4.69, 9.17) is 9.57 Å². The number of methoxy groups -OCH3 is 2. The molecule has 6 nitrogen and oxygen atoms in total. The molecule has 2 rings (SSSR count). The summed E-state index contributed by atoms with van der Waals surface area (Å²) >= 11 is 0. The molecule has 0 saturated heterocycles. The monoisotopic (exact) mass is 349 g/mol. The molecule has 128 valence electrons. The van der Waals surface area contributed by atoms with Crippen LogP contribution in [0.3, 0.4) is 0 Å². The highest BCUT2D eigenvalue weighted by Gasteiger charge is 2.15. The third-order valence-electron chi connectivity index (χ3n) is 3.29. The van der Waals surface area contributed by atoms with Gasteiger partial charge in [0.25, 0.3) is 0 Å².